The fraction of sp³-hybridized carbons (Fsp3) is 0.667. The molecule has 2 amide bonds. The van der Waals surface area contributed by atoms with Crippen LogP contribution in [0.4, 0.5) is 0 Å². The molecule has 0 spiro atoms. The first-order chi connectivity index (χ1) is 5.20. The molecule has 64 valence electrons. The van der Waals surface area contributed by atoms with Crippen LogP contribution in [0, 0.1) is 0 Å². The summed E-state index contributed by atoms with van der Waals surface area (Å²) in [7, 11) is 0. The molecule has 0 aliphatic carbocycles. The van der Waals surface area contributed by atoms with Crippen molar-refractivity contribution in [3.63, 3.8) is 0 Å². The fourth-order valence-electron chi connectivity index (χ4n) is 0.582. The van der Waals surface area contributed by atoms with Gasteiger partial charge in [-0.2, -0.15) is 0 Å². The molecular weight excluding hydrogens is 146 g/mol. The van der Waals surface area contributed by atoms with E-state index in [1.165, 1.54) is 0 Å². The molecule has 0 saturated carbocycles. The van der Waals surface area contributed by atoms with Crippen molar-refractivity contribution < 1.29 is 9.59 Å². The van der Waals surface area contributed by atoms with E-state index in [1.807, 2.05) is 0 Å². The number of amides is 2. The summed E-state index contributed by atoms with van der Waals surface area (Å²) in [5, 5.41) is 4.81. The summed E-state index contributed by atoms with van der Waals surface area (Å²) in [6, 6.07) is 0. The van der Waals surface area contributed by atoms with Gasteiger partial charge in [0.05, 0.1) is 6.67 Å². The number of carbonyl (C=O) groups is 2. The van der Waals surface area contributed by atoms with Gasteiger partial charge in [-0.3, -0.25) is 9.59 Å². The van der Waals surface area contributed by atoms with Crippen molar-refractivity contribution in [2.45, 2.75) is 13.3 Å². The molecule has 0 bridgehead atoms. The maximum absolute atomic E-state index is 10.7. The Morgan fingerprint density at radius 3 is 2.27 bits per heavy atom. The molecule has 0 saturated heterocycles. The first-order valence-electron chi connectivity index (χ1n) is 3.44. The van der Waals surface area contributed by atoms with Crippen LogP contribution in [0.1, 0.15) is 13.3 Å². The molecule has 11 heavy (non-hydrogen) atoms. The van der Waals surface area contributed by atoms with Crippen molar-refractivity contribution in [2.75, 3.05) is 13.2 Å². The van der Waals surface area contributed by atoms with Crippen molar-refractivity contribution in [1.29, 1.82) is 0 Å². The highest BCUT2D eigenvalue weighted by molar-refractivity contribution is 5.96. The Balaban J connectivity index is 3.49. The topological polar surface area (TPSA) is 84.2 Å². The summed E-state index contributed by atoms with van der Waals surface area (Å²) in [5.74, 6) is -0.628. The maximum Gasteiger partial charge on any atom is 0.230 e. The van der Waals surface area contributed by atoms with Crippen LogP contribution in [-0.2, 0) is 9.59 Å². The number of rotatable bonds is 4. The lowest BCUT2D eigenvalue weighted by molar-refractivity contribution is -0.129. The third kappa shape index (κ3) is 5.35. The van der Waals surface area contributed by atoms with Gasteiger partial charge in [-0.25, -0.2) is 0 Å². The minimum absolute atomic E-state index is 0.0677. The highest BCUT2D eigenvalue weighted by Crippen LogP contribution is 1.77. The molecule has 0 radical (unpaired) electrons. The Hall–Kier alpha value is -1.10. The summed E-state index contributed by atoms with van der Waals surface area (Å²) < 4.78 is 0. The van der Waals surface area contributed by atoms with E-state index in [0.717, 1.165) is 0 Å². The van der Waals surface area contributed by atoms with Gasteiger partial charge in [0.2, 0.25) is 11.8 Å². The molecule has 5 heteroatoms. The van der Waals surface area contributed by atoms with Gasteiger partial charge in [-0.1, -0.05) is 0 Å². The van der Waals surface area contributed by atoms with Gasteiger partial charge in [0.25, 0.3) is 0 Å². The second kappa shape index (κ2) is 5.67. The summed E-state index contributed by atoms with van der Waals surface area (Å²) in [6.45, 7) is 2.39. The lowest BCUT2D eigenvalue weighted by Gasteiger charge is -2.01. The quantitative estimate of drug-likeness (QED) is 0.346. The van der Waals surface area contributed by atoms with Crippen LogP contribution in [0.2, 0.25) is 0 Å². The smallest absolute Gasteiger partial charge is 0.230 e. The largest absolute Gasteiger partial charge is 0.356 e. The molecule has 0 aliphatic rings. The summed E-state index contributed by atoms with van der Waals surface area (Å²) in [4.78, 5) is 21.4. The van der Waals surface area contributed by atoms with E-state index < -0.39 is 0 Å². The van der Waals surface area contributed by atoms with Crippen LogP contribution in [0.15, 0.2) is 0 Å². The summed E-state index contributed by atoms with van der Waals surface area (Å²) in [6.07, 6.45) is -0.148. The number of nitrogens with two attached hydrogens (primary N) is 1. The van der Waals surface area contributed by atoms with Gasteiger partial charge in [0, 0.05) is 6.54 Å². The Labute approximate surface area is 65.3 Å². The molecule has 0 aromatic rings. The van der Waals surface area contributed by atoms with Crippen LogP contribution in [0.5, 0.6) is 0 Å². The minimum Gasteiger partial charge on any atom is -0.356 e. The summed E-state index contributed by atoms with van der Waals surface area (Å²) >= 11 is 0. The number of hydrogen-bond acceptors (Lipinski definition) is 3. The van der Waals surface area contributed by atoms with Crippen molar-refractivity contribution in [2.24, 2.45) is 5.73 Å². The highest BCUT2D eigenvalue weighted by atomic mass is 16.2. The van der Waals surface area contributed by atoms with Gasteiger partial charge < -0.3 is 16.4 Å². The SMILES string of the molecule is CCNC(=O)CC(=O)NCN. The number of hydrogen-bond donors (Lipinski definition) is 3. The van der Waals surface area contributed by atoms with Crippen LogP contribution < -0.4 is 16.4 Å². The van der Waals surface area contributed by atoms with Crippen LogP contribution >= 0.6 is 0 Å². The van der Waals surface area contributed by atoms with E-state index >= 15 is 0 Å². The maximum atomic E-state index is 10.7. The van der Waals surface area contributed by atoms with Gasteiger partial charge in [-0.15, -0.1) is 0 Å². The van der Waals surface area contributed by atoms with E-state index in [0.29, 0.717) is 6.54 Å². The summed E-state index contributed by atoms with van der Waals surface area (Å²) in [5.41, 5.74) is 5.02. The standard InChI is InChI=1S/C6H13N3O2/c1-2-8-5(10)3-6(11)9-4-7/h2-4,7H2,1H3,(H,8,10)(H,9,11). The molecule has 0 heterocycles. The monoisotopic (exact) mass is 159 g/mol. The average molecular weight is 159 g/mol. The molecular formula is C6H13N3O2. The molecule has 0 atom stereocenters. The molecule has 0 unspecified atom stereocenters. The van der Waals surface area contributed by atoms with Gasteiger partial charge in [0.15, 0.2) is 0 Å². The minimum atomic E-state index is -0.349. The van der Waals surface area contributed by atoms with Gasteiger partial charge >= 0.3 is 0 Å². The van der Waals surface area contributed by atoms with Crippen LogP contribution in [-0.4, -0.2) is 25.0 Å². The van der Waals surface area contributed by atoms with Crippen LogP contribution in [0.25, 0.3) is 0 Å². The van der Waals surface area contributed by atoms with Gasteiger partial charge in [-0.05, 0) is 6.92 Å². The van der Waals surface area contributed by atoms with Crippen molar-refractivity contribution >= 4 is 11.8 Å². The normalized spacial score (nSPS) is 8.91. The molecule has 0 aromatic carbocycles. The Morgan fingerprint density at radius 1 is 1.27 bits per heavy atom. The van der Waals surface area contributed by atoms with Crippen LogP contribution in [0.3, 0.4) is 0 Å². The number of carbonyl (C=O) groups excluding carboxylic acids is 2. The van der Waals surface area contributed by atoms with Crippen molar-refractivity contribution in [3.05, 3.63) is 0 Å². The lowest BCUT2D eigenvalue weighted by atomic mass is 10.4. The average Bonchev–Trinajstić information content (AvgIpc) is 1.87. The highest BCUT2D eigenvalue weighted by Gasteiger charge is 2.05. The third-order valence-corrected chi connectivity index (χ3v) is 0.994. The molecule has 0 aromatic heterocycles. The number of nitrogens with one attached hydrogen (secondary N) is 2. The van der Waals surface area contributed by atoms with E-state index in [1.54, 1.807) is 6.92 Å². The van der Waals surface area contributed by atoms with E-state index in [2.05, 4.69) is 10.6 Å². The lowest BCUT2D eigenvalue weighted by Crippen LogP contribution is -2.34. The van der Waals surface area contributed by atoms with E-state index in [9.17, 15) is 9.59 Å². The van der Waals surface area contributed by atoms with E-state index in [4.69, 9.17) is 5.73 Å². The molecule has 0 aliphatic heterocycles. The zero-order valence-corrected chi connectivity index (χ0v) is 6.52. The predicted molar refractivity (Wildman–Crippen MR) is 40.5 cm³/mol. The van der Waals surface area contributed by atoms with Crippen molar-refractivity contribution in [3.8, 4) is 0 Å². The fourth-order valence-corrected chi connectivity index (χ4v) is 0.582. The first-order valence-corrected chi connectivity index (χ1v) is 3.44. The Bertz CT molecular complexity index is 131. The Kier molecular flexibility index (Phi) is 5.10. The molecule has 4 N–H and O–H groups in total. The van der Waals surface area contributed by atoms with Gasteiger partial charge in [0.1, 0.15) is 6.42 Å². The second-order valence-electron chi connectivity index (χ2n) is 1.93. The Morgan fingerprint density at radius 2 is 1.82 bits per heavy atom. The van der Waals surface area contributed by atoms with Crippen molar-refractivity contribution in [1.82, 2.24) is 10.6 Å². The first kappa shape index (κ1) is 9.90. The molecule has 5 nitrogen and oxygen atoms in total. The zero-order chi connectivity index (χ0) is 8.69. The predicted octanol–water partition coefficient (Wildman–Crippen LogP) is -1.45. The van der Waals surface area contributed by atoms with E-state index in [-0.39, 0.29) is 24.9 Å². The molecule has 0 rings (SSSR count). The second-order valence-corrected chi connectivity index (χ2v) is 1.93. The zero-order valence-electron chi connectivity index (χ0n) is 6.52. The third-order valence-electron chi connectivity index (χ3n) is 0.994. The molecule has 0 fully saturated rings.